The molecule has 1 heterocycles. The highest BCUT2D eigenvalue weighted by atomic mass is 16.5. The van der Waals surface area contributed by atoms with Gasteiger partial charge in [-0.2, -0.15) is 0 Å². The molecule has 1 saturated heterocycles. The normalized spacial score (nSPS) is 18.2. The highest BCUT2D eigenvalue weighted by Gasteiger charge is 2.25. The number of hydrogen-bond donors (Lipinski definition) is 1. The first kappa shape index (κ1) is 20.7. The number of aryl methyl sites for hydroxylation is 2. The van der Waals surface area contributed by atoms with E-state index >= 15 is 0 Å². The van der Waals surface area contributed by atoms with Gasteiger partial charge in [0.1, 0.15) is 6.10 Å². The Morgan fingerprint density at radius 3 is 2.88 bits per heavy atom. The molecule has 1 aliphatic rings. The predicted octanol–water partition coefficient (Wildman–Crippen LogP) is 3.46. The third-order valence-corrected chi connectivity index (χ3v) is 4.74. The second kappa shape index (κ2) is 11.2. The van der Waals surface area contributed by atoms with Gasteiger partial charge in [0.15, 0.2) is 5.96 Å². The van der Waals surface area contributed by atoms with Gasteiger partial charge in [0.25, 0.3) is 0 Å². The van der Waals surface area contributed by atoms with Gasteiger partial charge in [0, 0.05) is 33.4 Å². The number of aliphatic imine (C=N–C) groups is 1. The van der Waals surface area contributed by atoms with Gasteiger partial charge in [-0.15, -0.1) is 0 Å². The van der Waals surface area contributed by atoms with Crippen LogP contribution < -0.4 is 5.32 Å². The van der Waals surface area contributed by atoms with Crippen LogP contribution in [-0.4, -0.2) is 57.4 Å². The number of nitrogens with one attached hydrogen (secondary N) is 1. The van der Waals surface area contributed by atoms with Crippen LogP contribution in [0.15, 0.2) is 23.2 Å². The average Bonchev–Trinajstić information content (AvgIpc) is 2.64. The van der Waals surface area contributed by atoms with Crippen molar-refractivity contribution < 1.29 is 9.47 Å². The maximum absolute atomic E-state index is 6.07. The molecule has 1 aromatic carbocycles. The molecule has 0 aromatic heterocycles. The number of benzene rings is 1. The maximum atomic E-state index is 6.07. The zero-order chi connectivity index (χ0) is 18.8. The number of ether oxygens (including phenoxy) is 2. The first-order valence-electron chi connectivity index (χ1n) is 9.86. The summed E-state index contributed by atoms with van der Waals surface area (Å²) in [4.78, 5) is 7.17. The van der Waals surface area contributed by atoms with E-state index in [9.17, 15) is 0 Å². The molecule has 26 heavy (non-hydrogen) atoms. The predicted molar refractivity (Wildman–Crippen MR) is 108 cm³/mol. The third-order valence-electron chi connectivity index (χ3n) is 4.74. The van der Waals surface area contributed by atoms with Crippen LogP contribution in [0, 0.1) is 13.8 Å². The summed E-state index contributed by atoms with van der Waals surface area (Å²) in [6.45, 7) is 11.5. The van der Waals surface area contributed by atoms with Gasteiger partial charge >= 0.3 is 0 Å². The third kappa shape index (κ3) is 6.29. The standard InChI is InChI=1S/C21H35N3O2/c1-5-22-21(23-11-7-6-8-13-25-4)24-12-14-26-20(16-24)19-10-9-17(2)15-18(19)3/h9-10,15,20H,5-8,11-14,16H2,1-4H3,(H,22,23). The van der Waals surface area contributed by atoms with Crippen LogP contribution in [0.4, 0.5) is 0 Å². The molecular weight excluding hydrogens is 326 g/mol. The van der Waals surface area contributed by atoms with Crippen molar-refractivity contribution in [3.05, 3.63) is 34.9 Å². The SMILES string of the molecule is CCNC(=NCCCCCOC)N1CCOC(c2ccc(C)cc2C)C1. The Bertz CT molecular complexity index is 574. The van der Waals surface area contributed by atoms with Gasteiger partial charge in [0.05, 0.1) is 13.2 Å². The topological polar surface area (TPSA) is 46.1 Å². The Morgan fingerprint density at radius 1 is 1.31 bits per heavy atom. The molecule has 1 unspecified atom stereocenters. The van der Waals surface area contributed by atoms with Crippen LogP contribution in [0.5, 0.6) is 0 Å². The van der Waals surface area contributed by atoms with E-state index in [4.69, 9.17) is 14.5 Å². The Labute approximate surface area is 158 Å². The highest BCUT2D eigenvalue weighted by molar-refractivity contribution is 5.80. The first-order valence-corrected chi connectivity index (χ1v) is 9.86. The fourth-order valence-electron chi connectivity index (χ4n) is 3.36. The van der Waals surface area contributed by atoms with Gasteiger partial charge in [-0.25, -0.2) is 0 Å². The summed E-state index contributed by atoms with van der Waals surface area (Å²) in [7, 11) is 1.76. The molecule has 0 radical (unpaired) electrons. The summed E-state index contributed by atoms with van der Waals surface area (Å²) in [6, 6.07) is 6.61. The van der Waals surface area contributed by atoms with Crippen molar-refractivity contribution in [3.63, 3.8) is 0 Å². The lowest BCUT2D eigenvalue weighted by molar-refractivity contribution is -0.00833. The fourth-order valence-corrected chi connectivity index (χ4v) is 3.36. The van der Waals surface area contributed by atoms with Crippen molar-refractivity contribution >= 4 is 5.96 Å². The van der Waals surface area contributed by atoms with Crippen LogP contribution in [-0.2, 0) is 9.47 Å². The minimum absolute atomic E-state index is 0.106. The summed E-state index contributed by atoms with van der Waals surface area (Å²) in [5.41, 5.74) is 3.88. The Balaban J connectivity index is 1.97. The lowest BCUT2D eigenvalue weighted by Gasteiger charge is -2.36. The summed E-state index contributed by atoms with van der Waals surface area (Å²) >= 11 is 0. The smallest absolute Gasteiger partial charge is 0.194 e. The van der Waals surface area contributed by atoms with Gasteiger partial charge in [-0.1, -0.05) is 23.8 Å². The Morgan fingerprint density at radius 2 is 2.15 bits per heavy atom. The fraction of sp³-hybridized carbons (Fsp3) is 0.667. The van der Waals surface area contributed by atoms with Crippen LogP contribution in [0.1, 0.15) is 49.0 Å². The molecule has 0 spiro atoms. The lowest BCUT2D eigenvalue weighted by atomic mass is 10.00. The van der Waals surface area contributed by atoms with E-state index in [1.807, 2.05) is 0 Å². The molecule has 1 N–H and O–H groups in total. The molecule has 0 amide bonds. The van der Waals surface area contributed by atoms with Gasteiger partial charge in [-0.05, 0) is 51.2 Å². The average molecular weight is 362 g/mol. The number of rotatable bonds is 8. The van der Waals surface area contributed by atoms with Crippen molar-refractivity contribution in [2.24, 2.45) is 4.99 Å². The van der Waals surface area contributed by atoms with Gasteiger partial charge in [0.2, 0.25) is 0 Å². The van der Waals surface area contributed by atoms with E-state index < -0.39 is 0 Å². The molecule has 5 heteroatoms. The van der Waals surface area contributed by atoms with Crippen molar-refractivity contribution in [2.45, 2.75) is 46.1 Å². The molecule has 2 rings (SSSR count). The van der Waals surface area contributed by atoms with Crippen LogP contribution >= 0.6 is 0 Å². The van der Waals surface area contributed by atoms with Crippen LogP contribution in [0.2, 0.25) is 0 Å². The van der Waals surface area contributed by atoms with E-state index in [0.717, 1.165) is 64.6 Å². The van der Waals surface area contributed by atoms with E-state index in [0.29, 0.717) is 0 Å². The number of nitrogens with zero attached hydrogens (tertiary/aromatic N) is 2. The van der Waals surface area contributed by atoms with E-state index in [-0.39, 0.29) is 6.10 Å². The van der Waals surface area contributed by atoms with Gasteiger partial charge in [-0.3, -0.25) is 4.99 Å². The summed E-state index contributed by atoms with van der Waals surface area (Å²) in [5, 5.41) is 3.45. The second-order valence-corrected chi connectivity index (χ2v) is 6.95. The van der Waals surface area contributed by atoms with Crippen molar-refractivity contribution in [1.29, 1.82) is 0 Å². The molecule has 5 nitrogen and oxygen atoms in total. The minimum Gasteiger partial charge on any atom is -0.385 e. The number of morpholine rings is 1. The van der Waals surface area contributed by atoms with Crippen molar-refractivity contribution in [1.82, 2.24) is 10.2 Å². The zero-order valence-electron chi connectivity index (χ0n) is 16.9. The molecule has 0 bridgehead atoms. The zero-order valence-corrected chi connectivity index (χ0v) is 16.9. The molecule has 1 atom stereocenters. The monoisotopic (exact) mass is 361 g/mol. The van der Waals surface area contributed by atoms with Crippen molar-refractivity contribution in [3.8, 4) is 0 Å². The Kier molecular flexibility index (Phi) is 8.92. The second-order valence-electron chi connectivity index (χ2n) is 6.95. The quantitative estimate of drug-likeness (QED) is 0.438. The van der Waals surface area contributed by atoms with Crippen LogP contribution in [0.3, 0.4) is 0 Å². The summed E-state index contributed by atoms with van der Waals surface area (Å²) in [6.07, 6.45) is 3.47. The van der Waals surface area contributed by atoms with E-state index in [1.165, 1.54) is 16.7 Å². The number of unbranched alkanes of at least 4 members (excludes halogenated alkanes) is 2. The number of methoxy groups -OCH3 is 1. The van der Waals surface area contributed by atoms with Gasteiger partial charge < -0.3 is 19.7 Å². The molecule has 0 aliphatic carbocycles. The number of guanidine groups is 1. The molecular formula is C21H35N3O2. The molecule has 1 aromatic rings. The Hall–Kier alpha value is -1.59. The molecule has 146 valence electrons. The molecule has 0 saturated carbocycles. The first-order chi connectivity index (χ1) is 12.7. The highest BCUT2D eigenvalue weighted by Crippen LogP contribution is 2.25. The summed E-state index contributed by atoms with van der Waals surface area (Å²) < 4.78 is 11.2. The maximum Gasteiger partial charge on any atom is 0.194 e. The number of hydrogen-bond acceptors (Lipinski definition) is 3. The molecule has 1 aliphatic heterocycles. The lowest BCUT2D eigenvalue weighted by Crippen LogP contribution is -2.48. The van der Waals surface area contributed by atoms with E-state index in [2.05, 4.69) is 49.2 Å². The summed E-state index contributed by atoms with van der Waals surface area (Å²) in [5.74, 6) is 1.01. The minimum atomic E-state index is 0.106. The van der Waals surface area contributed by atoms with E-state index in [1.54, 1.807) is 7.11 Å². The van der Waals surface area contributed by atoms with Crippen molar-refractivity contribution in [2.75, 3.05) is 46.5 Å². The molecule has 1 fully saturated rings. The largest absolute Gasteiger partial charge is 0.385 e. The van der Waals surface area contributed by atoms with Crippen LogP contribution in [0.25, 0.3) is 0 Å².